The number of hydrogen-bond acceptors (Lipinski definition) is 5. The minimum absolute atomic E-state index is 0.0170. The maximum absolute atomic E-state index is 12.9. The Morgan fingerprint density at radius 2 is 1.84 bits per heavy atom. The van der Waals surface area contributed by atoms with Gasteiger partial charge in [-0.05, 0) is 30.0 Å². The van der Waals surface area contributed by atoms with Crippen molar-refractivity contribution >= 4 is 17.5 Å². The maximum Gasteiger partial charge on any atom is 0.416 e. The summed E-state index contributed by atoms with van der Waals surface area (Å²) in [5, 5.41) is 18.5. The van der Waals surface area contributed by atoms with Gasteiger partial charge in [0, 0.05) is 18.8 Å². The Hall–Kier alpha value is -2.33. The molecule has 0 spiro atoms. The van der Waals surface area contributed by atoms with Crippen LogP contribution < -0.4 is 21.7 Å². The van der Waals surface area contributed by atoms with Crippen LogP contribution in [0.4, 0.5) is 18.9 Å². The molecule has 0 aromatic heterocycles. The van der Waals surface area contributed by atoms with Crippen molar-refractivity contribution in [1.82, 2.24) is 16.0 Å². The Bertz CT molecular complexity index is 748. The lowest BCUT2D eigenvalue weighted by molar-refractivity contribution is -0.137. The fourth-order valence-corrected chi connectivity index (χ4v) is 2.83. The lowest BCUT2D eigenvalue weighted by atomic mass is 9.96. The van der Waals surface area contributed by atoms with Gasteiger partial charge in [-0.15, -0.1) is 0 Å². The van der Waals surface area contributed by atoms with Crippen LogP contribution in [0.3, 0.4) is 0 Å². The van der Waals surface area contributed by atoms with Gasteiger partial charge >= 0.3 is 6.18 Å². The molecule has 1 rings (SSSR count). The molecular weight excluding hydrogens is 413 g/mol. The third kappa shape index (κ3) is 9.56. The van der Waals surface area contributed by atoms with Crippen LogP contribution in [0.25, 0.3) is 0 Å². The van der Waals surface area contributed by atoms with E-state index >= 15 is 0 Å². The van der Waals surface area contributed by atoms with Crippen molar-refractivity contribution in [2.45, 2.75) is 58.9 Å². The number of nitrogen functional groups attached to an aromatic ring is 1. The summed E-state index contributed by atoms with van der Waals surface area (Å²) in [4.78, 5) is 24.5. The monoisotopic (exact) mass is 446 g/mol. The summed E-state index contributed by atoms with van der Waals surface area (Å²) < 4.78 is 38.6. The number of carbonyl (C=O) groups is 2. The molecule has 0 aliphatic rings. The van der Waals surface area contributed by atoms with Gasteiger partial charge in [-0.25, -0.2) is 0 Å². The normalized spacial score (nSPS) is 14.1. The van der Waals surface area contributed by atoms with E-state index in [2.05, 4.69) is 16.0 Å². The molecule has 0 saturated heterocycles. The number of aliphatic hydroxyl groups excluding tert-OH is 1. The first-order valence-corrected chi connectivity index (χ1v) is 10.2. The fourth-order valence-electron chi connectivity index (χ4n) is 2.83. The topological polar surface area (TPSA) is 116 Å². The fraction of sp³-hybridized carbons (Fsp3) is 0.619. The summed E-state index contributed by atoms with van der Waals surface area (Å²) in [6, 6.07) is 1.84. The quantitative estimate of drug-likeness (QED) is 0.354. The smallest absolute Gasteiger partial charge is 0.398 e. The second-order valence-corrected chi connectivity index (χ2v) is 8.70. The first kappa shape index (κ1) is 26.7. The summed E-state index contributed by atoms with van der Waals surface area (Å²) in [7, 11) is 0. The first-order chi connectivity index (χ1) is 14.2. The number of anilines is 1. The maximum atomic E-state index is 12.9. The summed E-state index contributed by atoms with van der Waals surface area (Å²) >= 11 is 0. The molecule has 2 atom stereocenters. The van der Waals surface area contributed by atoms with Crippen molar-refractivity contribution in [2.24, 2.45) is 5.41 Å². The molecule has 176 valence electrons. The van der Waals surface area contributed by atoms with Gasteiger partial charge in [-0.1, -0.05) is 34.1 Å². The van der Waals surface area contributed by atoms with Gasteiger partial charge in [-0.2, -0.15) is 13.2 Å². The number of nitrogens with one attached hydrogen (secondary N) is 3. The van der Waals surface area contributed by atoms with Crippen molar-refractivity contribution in [3.05, 3.63) is 29.3 Å². The number of nitrogens with two attached hydrogens (primary N) is 1. The molecule has 0 bridgehead atoms. The molecule has 2 unspecified atom stereocenters. The lowest BCUT2D eigenvalue weighted by Crippen LogP contribution is -2.52. The van der Waals surface area contributed by atoms with Crippen LogP contribution in [0.1, 0.15) is 56.5 Å². The van der Waals surface area contributed by atoms with E-state index in [0.717, 1.165) is 18.6 Å². The highest BCUT2D eigenvalue weighted by atomic mass is 19.4. The zero-order valence-corrected chi connectivity index (χ0v) is 18.4. The van der Waals surface area contributed by atoms with Crippen molar-refractivity contribution in [2.75, 3.05) is 25.4 Å². The van der Waals surface area contributed by atoms with E-state index in [1.807, 2.05) is 27.7 Å². The Morgan fingerprint density at radius 3 is 2.39 bits per heavy atom. The Labute approximate surface area is 181 Å². The number of amides is 2. The van der Waals surface area contributed by atoms with Crippen LogP contribution in [-0.4, -0.2) is 48.7 Å². The molecule has 6 N–H and O–H groups in total. The van der Waals surface area contributed by atoms with Gasteiger partial charge in [-0.3, -0.25) is 9.59 Å². The Morgan fingerprint density at radius 1 is 1.19 bits per heavy atom. The summed E-state index contributed by atoms with van der Waals surface area (Å²) in [5.74, 6) is -1.47. The first-order valence-electron chi connectivity index (χ1n) is 10.2. The number of carbonyl (C=O) groups excluding carboxylic acids is 2. The van der Waals surface area contributed by atoms with Crippen LogP contribution in [-0.2, 0) is 11.0 Å². The predicted octanol–water partition coefficient (Wildman–Crippen LogP) is 2.30. The highest BCUT2D eigenvalue weighted by Gasteiger charge is 2.31. The van der Waals surface area contributed by atoms with Gasteiger partial charge in [0.2, 0.25) is 5.91 Å². The van der Waals surface area contributed by atoms with Crippen LogP contribution in [0, 0.1) is 5.41 Å². The molecule has 0 aliphatic carbocycles. The molecule has 1 aromatic rings. The molecule has 0 fully saturated rings. The van der Waals surface area contributed by atoms with Crippen molar-refractivity contribution < 1.29 is 27.9 Å². The number of benzene rings is 1. The number of hydrogen-bond donors (Lipinski definition) is 5. The minimum atomic E-state index is -4.62. The lowest BCUT2D eigenvalue weighted by Gasteiger charge is -2.27. The predicted molar refractivity (Wildman–Crippen MR) is 113 cm³/mol. The van der Waals surface area contributed by atoms with E-state index in [4.69, 9.17) is 5.73 Å². The number of alkyl halides is 3. The van der Waals surface area contributed by atoms with Gasteiger partial charge in [0.15, 0.2) is 0 Å². The van der Waals surface area contributed by atoms with Crippen LogP contribution in [0.5, 0.6) is 0 Å². The standard InChI is InChI=1S/C21H33F3N4O3/c1-5-6-17(29)16(10-26-12-20(2,3)4)28-18(30)11-27-19(31)14-9-13(21(22,23)24)7-8-15(14)25/h7-9,16-17,26,29H,5-6,10-12,25H2,1-4H3,(H,27,31)(H,28,30). The molecule has 0 heterocycles. The molecule has 7 nitrogen and oxygen atoms in total. The van der Waals surface area contributed by atoms with Crippen molar-refractivity contribution in [3.8, 4) is 0 Å². The number of rotatable bonds is 10. The van der Waals surface area contributed by atoms with E-state index in [1.165, 1.54) is 0 Å². The summed E-state index contributed by atoms with van der Waals surface area (Å²) in [6.07, 6.45) is -4.20. The zero-order valence-electron chi connectivity index (χ0n) is 18.4. The van der Waals surface area contributed by atoms with E-state index in [-0.39, 0.29) is 16.7 Å². The van der Waals surface area contributed by atoms with E-state index in [0.29, 0.717) is 25.6 Å². The number of halogens is 3. The second-order valence-electron chi connectivity index (χ2n) is 8.70. The second kappa shape index (κ2) is 11.3. The third-order valence-electron chi connectivity index (χ3n) is 4.45. The molecule has 0 radical (unpaired) electrons. The summed E-state index contributed by atoms with van der Waals surface area (Å²) in [6.45, 7) is 8.58. The number of aliphatic hydroxyl groups is 1. The molecule has 0 aliphatic heterocycles. The van der Waals surface area contributed by atoms with Gasteiger partial charge in [0.05, 0.1) is 29.8 Å². The molecule has 10 heteroatoms. The van der Waals surface area contributed by atoms with Crippen molar-refractivity contribution in [3.63, 3.8) is 0 Å². The Kier molecular flexibility index (Phi) is 9.76. The highest BCUT2D eigenvalue weighted by Crippen LogP contribution is 2.31. The minimum Gasteiger partial charge on any atom is -0.398 e. The molecule has 31 heavy (non-hydrogen) atoms. The molecule has 0 saturated carbocycles. The van der Waals surface area contributed by atoms with Crippen molar-refractivity contribution in [1.29, 1.82) is 0 Å². The van der Waals surface area contributed by atoms with Gasteiger partial charge in [0.25, 0.3) is 5.91 Å². The highest BCUT2D eigenvalue weighted by molar-refractivity contribution is 6.00. The van der Waals surface area contributed by atoms with Crippen LogP contribution in [0.15, 0.2) is 18.2 Å². The van der Waals surface area contributed by atoms with E-state index in [9.17, 15) is 27.9 Å². The van der Waals surface area contributed by atoms with Crippen LogP contribution >= 0.6 is 0 Å². The van der Waals surface area contributed by atoms with Gasteiger partial charge in [0.1, 0.15) is 0 Å². The van der Waals surface area contributed by atoms with Gasteiger partial charge < -0.3 is 26.8 Å². The average Bonchev–Trinajstić information content (AvgIpc) is 2.64. The average molecular weight is 447 g/mol. The third-order valence-corrected chi connectivity index (χ3v) is 4.45. The largest absolute Gasteiger partial charge is 0.416 e. The summed E-state index contributed by atoms with van der Waals surface area (Å²) in [5.41, 5.74) is 4.13. The van der Waals surface area contributed by atoms with E-state index in [1.54, 1.807) is 0 Å². The molecular formula is C21H33F3N4O3. The molecule has 1 aromatic carbocycles. The van der Waals surface area contributed by atoms with E-state index < -0.39 is 42.2 Å². The Balaban J connectivity index is 2.72. The zero-order chi connectivity index (χ0) is 23.8. The molecule has 2 amide bonds. The SMILES string of the molecule is CCCC(O)C(CNCC(C)(C)C)NC(=O)CNC(=O)c1cc(C(F)(F)F)ccc1N. The van der Waals surface area contributed by atoms with Crippen LogP contribution in [0.2, 0.25) is 0 Å².